The number of ether oxygens (including phenoxy) is 2. The number of rotatable bonds is 4. The summed E-state index contributed by atoms with van der Waals surface area (Å²) in [5.74, 6) is -0.811. The molecule has 0 aromatic heterocycles. The number of nitrogens with one attached hydrogen (secondary N) is 2. The number of hydrogen-bond acceptors (Lipinski definition) is 4. The smallest absolute Gasteiger partial charge is 0.412 e. The second-order valence-corrected chi connectivity index (χ2v) is 8.34. The van der Waals surface area contributed by atoms with Crippen LogP contribution in [0.1, 0.15) is 39.2 Å². The predicted octanol–water partition coefficient (Wildman–Crippen LogP) is 4.86. The molecule has 0 saturated carbocycles. The van der Waals surface area contributed by atoms with Gasteiger partial charge in [-0.3, -0.25) is 10.1 Å². The van der Waals surface area contributed by atoms with Gasteiger partial charge in [0.05, 0.1) is 11.1 Å². The highest BCUT2D eigenvalue weighted by Crippen LogP contribution is 2.36. The summed E-state index contributed by atoms with van der Waals surface area (Å²) in [7, 11) is 0. The largest absolute Gasteiger partial charge is 0.444 e. The fraction of sp³-hybridized carbons (Fsp3) is 0.391. The quantitative estimate of drug-likeness (QED) is 0.749. The molecular weight excluding hydrogens is 387 g/mol. The fourth-order valence-electron chi connectivity index (χ4n) is 3.49. The Hall–Kier alpha value is -2.93. The Morgan fingerprint density at radius 2 is 1.70 bits per heavy atom. The van der Waals surface area contributed by atoms with Crippen LogP contribution >= 0.6 is 0 Å². The number of anilines is 2. The first-order valence-corrected chi connectivity index (χ1v) is 9.94. The van der Waals surface area contributed by atoms with E-state index in [-0.39, 0.29) is 11.6 Å². The third kappa shape index (κ3) is 5.16. The van der Waals surface area contributed by atoms with Crippen LogP contribution in [-0.2, 0) is 19.7 Å². The summed E-state index contributed by atoms with van der Waals surface area (Å²) >= 11 is 0. The highest BCUT2D eigenvalue weighted by atomic mass is 19.1. The number of carbonyl (C=O) groups excluding carboxylic acids is 2. The second-order valence-electron chi connectivity index (χ2n) is 8.34. The average molecular weight is 414 g/mol. The number of amides is 2. The van der Waals surface area contributed by atoms with Crippen LogP contribution in [0.4, 0.5) is 20.6 Å². The second kappa shape index (κ2) is 8.83. The summed E-state index contributed by atoms with van der Waals surface area (Å²) in [5, 5.41) is 5.28. The third-order valence-corrected chi connectivity index (χ3v) is 4.97. The van der Waals surface area contributed by atoms with Gasteiger partial charge in [-0.1, -0.05) is 30.3 Å². The molecule has 2 N–H and O–H groups in total. The van der Waals surface area contributed by atoms with Crippen LogP contribution in [0.5, 0.6) is 0 Å². The molecule has 2 amide bonds. The Kier molecular flexibility index (Phi) is 6.41. The van der Waals surface area contributed by atoms with E-state index < -0.39 is 22.9 Å². The molecule has 1 saturated heterocycles. The van der Waals surface area contributed by atoms with Crippen LogP contribution in [0.25, 0.3) is 0 Å². The van der Waals surface area contributed by atoms with Crippen molar-refractivity contribution in [3.63, 3.8) is 0 Å². The zero-order valence-corrected chi connectivity index (χ0v) is 17.5. The Morgan fingerprint density at radius 3 is 2.33 bits per heavy atom. The van der Waals surface area contributed by atoms with Gasteiger partial charge in [0.1, 0.15) is 11.4 Å². The molecule has 0 unspecified atom stereocenters. The van der Waals surface area contributed by atoms with Crippen LogP contribution in [0.15, 0.2) is 48.5 Å². The molecule has 1 fully saturated rings. The Morgan fingerprint density at radius 1 is 1.03 bits per heavy atom. The number of hydrogen-bond donors (Lipinski definition) is 2. The average Bonchev–Trinajstić information content (AvgIpc) is 2.70. The minimum absolute atomic E-state index is 0.0669. The maximum Gasteiger partial charge on any atom is 0.412 e. The standard InChI is InChI=1S/C23H27FN2O4/c1-22(2,3)30-21(28)26-19-15-17(9-10-18(19)24)25-20(27)23(11-13-29-14-12-23)16-7-5-4-6-8-16/h4-10,15H,11-14H2,1-3H3,(H,25,27)(H,26,28). The fourth-order valence-corrected chi connectivity index (χ4v) is 3.49. The van der Waals surface area contributed by atoms with Crippen molar-refractivity contribution in [2.75, 3.05) is 23.8 Å². The lowest BCUT2D eigenvalue weighted by Crippen LogP contribution is -2.44. The molecule has 1 aliphatic heterocycles. The molecule has 6 nitrogen and oxygen atoms in total. The predicted molar refractivity (Wildman–Crippen MR) is 113 cm³/mol. The molecule has 0 aliphatic carbocycles. The van der Waals surface area contributed by atoms with Crippen molar-refractivity contribution in [2.45, 2.75) is 44.6 Å². The van der Waals surface area contributed by atoms with Crippen LogP contribution in [0, 0.1) is 5.82 Å². The van der Waals surface area contributed by atoms with Crippen molar-refractivity contribution >= 4 is 23.4 Å². The maximum absolute atomic E-state index is 14.2. The summed E-state index contributed by atoms with van der Waals surface area (Å²) < 4.78 is 24.8. The third-order valence-electron chi connectivity index (χ3n) is 4.97. The van der Waals surface area contributed by atoms with Crippen molar-refractivity contribution in [2.24, 2.45) is 0 Å². The molecule has 2 aromatic carbocycles. The number of benzene rings is 2. The first-order valence-electron chi connectivity index (χ1n) is 9.94. The zero-order valence-electron chi connectivity index (χ0n) is 17.5. The Balaban J connectivity index is 1.81. The molecule has 0 radical (unpaired) electrons. The number of halogens is 1. The van der Waals surface area contributed by atoms with E-state index in [1.807, 2.05) is 30.3 Å². The van der Waals surface area contributed by atoms with Gasteiger partial charge in [-0.15, -0.1) is 0 Å². The molecule has 0 spiro atoms. The van der Waals surface area contributed by atoms with E-state index in [2.05, 4.69) is 10.6 Å². The van der Waals surface area contributed by atoms with Crippen LogP contribution in [-0.4, -0.2) is 30.8 Å². The molecule has 0 bridgehead atoms. The first-order chi connectivity index (χ1) is 14.2. The van der Waals surface area contributed by atoms with Gasteiger partial charge < -0.3 is 14.8 Å². The van der Waals surface area contributed by atoms with E-state index in [1.54, 1.807) is 20.8 Å². The highest BCUT2D eigenvalue weighted by molar-refractivity contribution is 6.00. The van der Waals surface area contributed by atoms with Crippen molar-refractivity contribution in [3.8, 4) is 0 Å². The van der Waals surface area contributed by atoms with Crippen LogP contribution in [0.2, 0.25) is 0 Å². The van der Waals surface area contributed by atoms with Gasteiger partial charge in [-0.2, -0.15) is 0 Å². The summed E-state index contributed by atoms with van der Waals surface area (Å²) in [6.07, 6.45) is 0.329. The van der Waals surface area contributed by atoms with Crippen molar-refractivity contribution in [1.29, 1.82) is 0 Å². The lowest BCUT2D eigenvalue weighted by Gasteiger charge is -2.36. The minimum atomic E-state index is -0.768. The minimum Gasteiger partial charge on any atom is -0.444 e. The van der Waals surface area contributed by atoms with E-state index in [4.69, 9.17) is 9.47 Å². The molecule has 2 aromatic rings. The Bertz CT molecular complexity index is 903. The molecule has 1 heterocycles. The van der Waals surface area contributed by atoms with Gasteiger partial charge in [-0.05, 0) is 57.4 Å². The molecule has 7 heteroatoms. The monoisotopic (exact) mass is 414 g/mol. The number of carbonyl (C=O) groups is 2. The van der Waals surface area contributed by atoms with Gasteiger partial charge in [-0.25, -0.2) is 9.18 Å². The highest BCUT2D eigenvalue weighted by Gasteiger charge is 2.41. The molecule has 0 atom stereocenters. The van der Waals surface area contributed by atoms with Crippen molar-refractivity contribution in [1.82, 2.24) is 0 Å². The maximum atomic E-state index is 14.2. The lowest BCUT2D eigenvalue weighted by atomic mass is 9.73. The zero-order chi connectivity index (χ0) is 21.8. The van der Waals surface area contributed by atoms with Crippen LogP contribution in [0.3, 0.4) is 0 Å². The first kappa shape index (κ1) is 21.8. The van der Waals surface area contributed by atoms with Crippen molar-refractivity contribution < 1.29 is 23.5 Å². The van der Waals surface area contributed by atoms with E-state index in [9.17, 15) is 14.0 Å². The SMILES string of the molecule is CC(C)(C)OC(=O)Nc1cc(NC(=O)C2(c3ccccc3)CCOCC2)ccc1F. The van der Waals surface area contributed by atoms with E-state index in [0.29, 0.717) is 31.7 Å². The van der Waals surface area contributed by atoms with Gasteiger partial charge in [0.15, 0.2) is 0 Å². The molecular formula is C23H27FN2O4. The molecule has 160 valence electrons. The summed E-state index contributed by atoms with van der Waals surface area (Å²) in [5.41, 5.74) is -0.207. The van der Waals surface area contributed by atoms with E-state index in [1.165, 1.54) is 18.2 Å². The lowest BCUT2D eigenvalue weighted by molar-refractivity contribution is -0.125. The molecule has 3 rings (SSSR count). The molecule has 30 heavy (non-hydrogen) atoms. The molecule has 1 aliphatic rings. The topological polar surface area (TPSA) is 76.7 Å². The van der Waals surface area contributed by atoms with Gasteiger partial charge in [0, 0.05) is 18.9 Å². The van der Waals surface area contributed by atoms with E-state index in [0.717, 1.165) is 5.56 Å². The van der Waals surface area contributed by atoms with E-state index >= 15 is 0 Å². The van der Waals surface area contributed by atoms with Gasteiger partial charge in [0.25, 0.3) is 0 Å². The van der Waals surface area contributed by atoms with Gasteiger partial charge in [0.2, 0.25) is 5.91 Å². The normalized spacial score (nSPS) is 15.9. The summed E-state index contributed by atoms with van der Waals surface area (Å²) in [4.78, 5) is 25.3. The summed E-state index contributed by atoms with van der Waals surface area (Å²) in [6.45, 7) is 6.12. The van der Waals surface area contributed by atoms with Crippen molar-refractivity contribution in [3.05, 3.63) is 59.9 Å². The summed E-state index contributed by atoms with van der Waals surface area (Å²) in [6, 6.07) is 13.6. The van der Waals surface area contributed by atoms with Crippen LogP contribution < -0.4 is 10.6 Å². The Labute approximate surface area is 175 Å². The van der Waals surface area contributed by atoms with Gasteiger partial charge >= 0.3 is 6.09 Å².